The van der Waals surface area contributed by atoms with E-state index in [1.165, 1.54) is 5.57 Å². The van der Waals surface area contributed by atoms with Gasteiger partial charge in [-0.05, 0) is 44.5 Å². The van der Waals surface area contributed by atoms with Gasteiger partial charge in [0.25, 0.3) is 5.91 Å². The molecular weight excluding hydrogens is 352 g/mol. The molecule has 1 aromatic rings. The van der Waals surface area contributed by atoms with Gasteiger partial charge in [-0.25, -0.2) is 4.98 Å². The van der Waals surface area contributed by atoms with E-state index in [4.69, 9.17) is 4.98 Å². The molecule has 7 nitrogen and oxygen atoms in total. The third-order valence-corrected chi connectivity index (χ3v) is 6.09. The number of nitrogens with zero attached hydrogens (tertiary/aromatic N) is 4. The van der Waals surface area contributed by atoms with Crippen LogP contribution in [0.5, 0.6) is 0 Å². The van der Waals surface area contributed by atoms with E-state index in [0.717, 1.165) is 25.9 Å². The first-order valence-electron chi connectivity index (χ1n) is 10.2. The fraction of sp³-hybridized carbons (Fsp3) is 0.571. The SMILES string of the molecule is CC(C)C1=CC2NC(=O)c3cnc(N(C)C4CCN(C)CC4)nc3NC2C=C1. The largest absolute Gasteiger partial charge is 0.361 e. The molecule has 4 rings (SSSR count). The minimum absolute atomic E-state index is 0.0101. The van der Waals surface area contributed by atoms with Crippen LogP contribution in [0.15, 0.2) is 30.0 Å². The normalized spacial score (nSPS) is 25.3. The Morgan fingerprint density at radius 2 is 1.96 bits per heavy atom. The first-order chi connectivity index (χ1) is 13.4. The number of rotatable bonds is 3. The highest BCUT2D eigenvalue weighted by Gasteiger charge is 2.31. The number of likely N-dealkylation sites (tertiary alicyclic amines) is 1. The van der Waals surface area contributed by atoms with Crippen molar-refractivity contribution < 1.29 is 4.79 Å². The van der Waals surface area contributed by atoms with E-state index in [1.54, 1.807) is 6.20 Å². The summed E-state index contributed by atoms with van der Waals surface area (Å²) in [4.78, 5) is 26.5. The summed E-state index contributed by atoms with van der Waals surface area (Å²) in [7, 11) is 4.21. The van der Waals surface area contributed by atoms with E-state index < -0.39 is 0 Å². The molecule has 1 aromatic heterocycles. The predicted molar refractivity (Wildman–Crippen MR) is 112 cm³/mol. The van der Waals surface area contributed by atoms with E-state index in [-0.39, 0.29) is 18.0 Å². The fourth-order valence-corrected chi connectivity index (χ4v) is 4.11. The summed E-state index contributed by atoms with van der Waals surface area (Å²) in [6.45, 7) is 6.49. The van der Waals surface area contributed by atoms with Gasteiger partial charge in [-0.1, -0.05) is 32.1 Å². The number of fused-ring (bicyclic) bond motifs is 2. The van der Waals surface area contributed by atoms with Crippen LogP contribution in [0.1, 0.15) is 37.0 Å². The van der Waals surface area contributed by atoms with Crippen LogP contribution in [-0.4, -0.2) is 66.1 Å². The molecule has 7 heteroatoms. The topological polar surface area (TPSA) is 73.4 Å². The maximum absolute atomic E-state index is 12.8. The predicted octanol–water partition coefficient (Wildman–Crippen LogP) is 2.05. The first-order valence-corrected chi connectivity index (χ1v) is 10.2. The molecule has 0 aromatic carbocycles. The minimum atomic E-state index is -0.127. The highest BCUT2D eigenvalue weighted by molar-refractivity contribution is 5.99. The first kappa shape index (κ1) is 18.9. The van der Waals surface area contributed by atoms with Gasteiger partial charge in [0, 0.05) is 19.3 Å². The summed E-state index contributed by atoms with van der Waals surface area (Å²) in [5.74, 6) is 1.58. The molecule has 2 N–H and O–H groups in total. The van der Waals surface area contributed by atoms with Crippen LogP contribution in [0.4, 0.5) is 11.8 Å². The molecule has 1 amide bonds. The van der Waals surface area contributed by atoms with Crippen LogP contribution in [0.25, 0.3) is 0 Å². The van der Waals surface area contributed by atoms with E-state index in [1.807, 2.05) is 0 Å². The summed E-state index contributed by atoms with van der Waals surface area (Å²) in [5.41, 5.74) is 1.74. The van der Waals surface area contributed by atoms with Crippen LogP contribution < -0.4 is 15.5 Å². The van der Waals surface area contributed by atoms with E-state index in [9.17, 15) is 4.79 Å². The number of carbonyl (C=O) groups excluding carboxylic acids is 1. The maximum Gasteiger partial charge on any atom is 0.257 e. The lowest BCUT2D eigenvalue weighted by Gasteiger charge is -2.35. The summed E-state index contributed by atoms with van der Waals surface area (Å²) in [5, 5.41) is 6.57. The van der Waals surface area contributed by atoms with Gasteiger partial charge in [0.05, 0.1) is 12.1 Å². The number of carbonyl (C=O) groups is 1. The smallest absolute Gasteiger partial charge is 0.257 e. The van der Waals surface area contributed by atoms with Gasteiger partial charge in [-0.15, -0.1) is 0 Å². The zero-order valence-corrected chi connectivity index (χ0v) is 17.1. The molecule has 3 heterocycles. The Hall–Kier alpha value is -2.41. The van der Waals surface area contributed by atoms with Gasteiger partial charge in [0.1, 0.15) is 11.4 Å². The van der Waals surface area contributed by atoms with Gasteiger partial charge in [0.2, 0.25) is 5.95 Å². The second-order valence-electron chi connectivity index (χ2n) is 8.43. The number of anilines is 2. The third kappa shape index (κ3) is 3.63. The van der Waals surface area contributed by atoms with E-state index in [2.05, 4.69) is 71.6 Å². The van der Waals surface area contributed by atoms with E-state index >= 15 is 0 Å². The number of allylic oxidation sites excluding steroid dienone is 2. The molecule has 3 aliphatic rings. The van der Waals surface area contributed by atoms with Crippen LogP contribution in [0.3, 0.4) is 0 Å². The molecule has 0 bridgehead atoms. The number of hydrogen-bond donors (Lipinski definition) is 2. The van der Waals surface area contributed by atoms with Crippen molar-refractivity contribution in [2.24, 2.45) is 5.92 Å². The standard InChI is InChI=1S/C21H30N6O/c1-13(2)14-5-6-17-18(11-14)24-20(28)16-12-22-21(25-19(16)23-17)27(4)15-7-9-26(3)10-8-15/h5-6,11-13,15,17-18H,7-10H2,1-4H3,(H,24,28)(H,22,23,25). The monoisotopic (exact) mass is 382 g/mol. The van der Waals surface area contributed by atoms with Crippen LogP contribution in [0.2, 0.25) is 0 Å². The molecular formula is C21H30N6O. The van der Waals surface area contributed by atoms with Gasteiger partial charge in [-0.2, -0.15) is 4.98 Å². The lowest BCUT2D eigenvalue weighted by atomic mass is 9.92. The Morgan fingerprint density at radius 3 is 2.68 bits per heavy atom. The van der Waals surface area contributed by atoms with Crippen molar-refractivity contribution in [3.05, 3.63) is 35.6 Å². The van der Waals surface area contributed by atoms with Crippen molar-refractivity contribution in [1.82, 2.24) is 20.2 Å². The molecule has 2 atom stereocenters. The van der Waals surface area contributed by atoms with Gasteiger partial charge in [-0.3, -0.25) is 4.79 Å². The van der Waals surface area contributed by atoms with Crippen LogP contribution in [-0.2, 0) is 0 Å². The molecule has 0 saturated carbocycles. The molecule has 1 aliphatic carbocycles. The van der Waals surface area contributed by atoms with Gasteiger partial charge < -0.3 is 20.4 Å². The third-order valence-electron chi connectivity index (χ3n) is 6.09. The zero-order chi connectivity index (χ0) is 19.8. The maximum atomic E-state index is 12.8. The Kier molecular flexibility index (Phi) is 5.10. The second kappa shape index (κ2) is 7.54. The Bertz CT molecular complexity index is 809. The molecule has 150 valence electrons. The average molecular weight is 383 g/mol. The fourth-order valence-electron chi connectivity index (χ4n) is 4.11. The Morgan fingerprint density at radius 1 is 1.21 bits per heavy atom. The van der Waals surface area contributed by atoms with Crippen molar-refractivity contribution in [3.63, 3.8) is 0 Å². The highest BCUT2D eigenvalue weighted by atomic mass is 16.1. The molecule has 0 spiro atoms. The molecule has 28 heavy (non-hydrogen) atoms. The minimum Gasteiger partial charge on any atom is -0.361 e. The Balaban J connectivity index is 1.57. The van der Waals surface area contributed by atoms with Crippen molar-refractivity contribution in [2.75, 3.05) is 37.4 Å². The quantitative estimate of drug-likeness (QED) is 0.834. The number of aromatic nitrogens is 2. The summed E-state index contributed by atoms with van der Waals surface area (Å²) >= 11 is 0. The number of piperidine rings is 1. The zero-order valence-electron chi connectivity index (χ0n) is 17.1. The number of nitrogens with one attached hydrogen (secondary N) is 2. The molecule has 1 fully saturated rings. The van der Waals surface area contributed by atoms with Crippen molar-refractivity contribution >= 4 is 17.7 Å². The second-order valence-corrected chi connectivity index (χ2v) is 8.43. The molecule has 0 radical (unpaired) electrons. The Labute approximate surface area is 166 Å². The highest BCUT2D eigenvalue weighted by Crippen LogP contribution is 2.27. The lowest BCUT2D eigenvalue weighted by molar-refractivity contribution is 0.0946. The van der Waals surface area contributed by atoms with E-state index in [0.29, 0.717) is 29.3 Å². The summed E-state index contributed by atoms with van der Waals surface area (Å²) in [6, 6.07) is 0.330. The van der Waals surface area contributed by atoms with Crippen molar-refractivity contribution in [2.45, 2.75) is 44.8 Å². The van der Waals surface area contributed by atoms with Crippen LogP contribution in [0, 0.1) is 5.92 Å². The van der Waals surface area contributed by atoms with Gasteiger partial charge >= 0.3 is 0 Å². The van der Waals surface area contributed by atoms with Crippen LogP contribution >= 0.6 is 0 Å². The molecule has 2 unspecified atom stereocenters. The lowest BCUT2D eigenvalue weighted by Crippen LogP contribution is -2.43. The molecule has 1 saturated heterocycles. The number of amides is 1. The van der Waals surface area contributed by atoms with Gasteiger partial charge in [0.15, 0.2) is 0 Å². The van der Waals surface area contributed by atoms with Crippen molar-refractivity contribution in [1.29, 1.82) is 0 Å². The van der Waals surface area contributed by atoms with Crippen molar-refractivity contribution in [3.8, 4) is 0 Å². The summed E-state index contributed by atoms with van der Waals surface area (Å²) in [6.07, 6.45) is 10.3. The average Bonchev–Trinajstić information content (AvgIpc) is 2.82. The molecule has 2 aliphatic heterocycles. The number of hydrogen-bond acceptors (Lipinski definition) is 6. The summed E-state index contributed by atoms with van der Waals surface area (Å²) < 4.78 is 0.